The molecule has 216 valence electrons. The number of phenols is 1. The van der Waals surface area contributed by atoms with Crippen LogP contribution in [0.15, 0.2) is 89.5 Å². The zero-order valence-corrected chi connectivity index (χ0v) is 23.8. The third-order valence-corrected chi connectivity index (χ3v) is 6.99. The van der Waals surface area contributed by atoms with E-state index in [0.29, 0.717) is 29.0 Å². The minimum atomic E-state index is -3.83. The van der Waals surface area contributed by atoms with Crippen molar-refractivity contribution in [2.24, 2.45) is 0 Å². The molecular formula is C31H32O9S. The standard InChI is InChI=1S/C31H32O9S/c1-22-5-13-27(14-6-22)41(35,36)40-18-4-17-39-29-16-10-24(20-31(29)38-3)8-12-26(33)21-25(32)11-7-23-9-15-28(34)30(19-23)37-2/h5-16,19-21,33-34H,4,17-18H2,1-3H3/b11-7+,12-8+,26-21-. The van der Waals surface area contributed by atoms with E-state index in [4.69, 9.17) is 18.4 Å². The van der Waals surface area contributed by atoms with Crippen molar-refractivity contribution in [1.82, 2.24) is 0 Å². The first-order chi connectivity index (χ1) is 19.6. The molecular weight excluding hydrogens is 548 g/mol. The quantitative estimate of drug-likeness (QED) is 0.0819. The first-order valence-corrected chi connectivity index (χ1v) is 14.0. The average Bonchev–Trinajstić information content (AvgIpc) is 2.96. The van der Waals surface area contributed by atoms with Gasteiger partial charge in [0.25, 0.3) is 10.1 Å². The number of carbonyl (C=O) groups is 1. The predicted octanol–water partition coefficient (Wildman–Crippen LogP) is 5.63. The highest BCUT2D eigenvalue weighted by atomic mass is 32.2. The highest BCUT2D eigenvalue weighted by Gasteiger charge is 2.14. The van der Waals surface area contributed by atoms with Crippen LogP contribution in [0.1, 0.15) is 23.1 Å². The molecule has 0 aromatic heterocycles. The van der Waals surface area contributed by atoms with Crippen LogP contribution in [0.25, 0.3) is 12.2 Å². The third kappa shape index (κ3) is 9.55. The second-order valence-corrected chi connectivity index (χ2v) is 10.4. The minimum absolute atomic E-state index is 0.00770. The zero-order valence-electron chi connectivity index (χ0n) is 22.9. The van der Waals surface area contributed by atoms with Crippen molar-refractivity contribution in [3.63, 3.8) is 0 Å². The Bertz CT molecular complexity index is 1540. The van der Waals surface area contributed by atoms with Gasteiger partial charge in [-0.15, -0.1) is 0 Å². The zero-order chi connectivity index (χ0) is 29.8. The maximum Gasteiger partial charge on any atom is 0.296 e. The Hall–Kier alpha value is -4.54. The number of hydrogen-bond acceptors (Lipinski definition) is 9. The first-order valence-electron chi connectivity index (χ1n) is 12.6. The maximum atomic E-state index is 12.3. The number of ether oxygens (including phenoxy) is 3. The molecule has 0 atom stereocenters. The molecule has 0 amide bonds. The van der Waals surface area contributed by atoms with E-state index in [1.807, 2.05) is 6.92 Å². The summed E-state index contributed by atoms with van der Waals surface area (Å²) in [5.74, 6) is 0.487. The van der Waals surface area contributed by atoms with Gasteiger partial charge in [0.1, 0.15) is 5.76 Å². The van der Waals surface area contributed by atoms with Gasteiger partial charge < -0.3 is 24.4 Å². The second-order valence-electron chi connectivity index (χ2n) is 8.77. The Morgan fingerprint density at radius 3 is 2.15 bits per heavy atom. The first kappa shape index (κ1) is 31.0. The Kier molecular flexibility index (Phi) is 11.1. The molecule has 0 aliphatic carbocycles. The van der Waals surface area contributed by atoms with Gasteiger partial charge in [-0.1, -0.05) is 42.0 Å². The van der Waals surface area contributed by atoms with Gasteiger partial charge in [-0.05, 0) is 66.6 Å². The van der Waals surface area contributed by atoms with Crippen LogP contribution >= 0.6 is 0 Å². The summed E-state index contributed by atoms with van der Waals surface area (Å²) in [7, 11) is -0.919. The fourth-order valence-electron chi connectivity index (χ4n) is 3.49. The molecule has 0 spiro atoms. The number of benzene rings is 3. The summed E-state index contributed by atoms with van der Waals surface area (Å²) in [6.07, 6.45) is 7.20. The van der Waals surface area contributed by atoms with Crippen LogP contribution in [0.5, 0.6) is 23.0 Å². The van der Waals surface area contributed by atoms with Crippen LogP contribution in [0.3, 0.4) is 0 Å². The molecule has 0 aliphatic rings. The SMILES string of the molecule is COc1cc(/C=C/C(=O)/C=C(O)/C=C/c2ccc(OCCCOS(=O)(=O)c3ccc(C)cc3)c(OC)c2)ccc1O. The monoisotopic (exact) mass is 580 g/mol. The molecule has 10 heteroatoms. The smallest absolute Gasteiger partial charge is 0.296 e. The molecule has 9 nitrogen and oxygen atoms in total. The molecule has 0 bridgehead atoms. The molecule has 0 unspecified atom stereocenters. The molecule has 41 heavy (non-hydrogen) atoms. The van der Waals surface area contributed by atoms with Crippen molar-refractivity contribution in [3.8, 4) is 23.0 Å². The van der Waals surface area contributed by atoms with E-state index in [1.54, 1.807) is 48.5 Å². The summed E-state index contributed by atoms with van der Waals surface area (Å²) in [4.78, 5) is 12.3. The number of aromatic hydroxyl groups is 1. The van der Waals surface area contributed by atoms with Crippen molar-refractivity contribution in [2.75, 3.05) is 27.4 Å². The lowest BCUT2D eigenvalue weighted by Gasteiger charge is -2.11. The summed E-state index contributed by atoms with van der Waals surface area (Å²) in [5, 5.41) is 19.8. The number of allylic oxidation sites excluding steroid dienone is 3. The van der Waals surface area contributed by atoms with Crippen LogP contribution in [0.2, 0.25) is 0 Å². The van der Waals surface area contributed by atoms with Gasteiger partial charge >= 0.3 is 0 Å². The van der Waals surface area contributed by atoms with Gasteiger partial charge in [0.05, 0.1) is 32.3 Å². The summed E-state index contributed by atoms with van der Waals surface area (Å²) in [6.45, 7) is 2.03. The lowest BCUT2D eigenvalue weighted by molar-refractivity contribution is -0.110. The number of ketones is 1. The average molecular weight is 581 g/mol. The van der Waals surface area contributed by atoms with E-state index in [2.05, 4.69) is 0 Å². The van der Waals surface area contributed by atoms with Crippen molar-refractivity contribution in [3.05, 3.63) is 101 Å². The normalized spacial score (nSPS) is 12.1. The van der Waals surface area contributed by atoms with Crippen molar-refractivity contribution < 1.29 is 41.8 Å². The molecule has 0 aliphatic heterocycles. The number of methoxy groups -OCH3 is 2. The molecule has 3 aromatic carbocycles. The van der Waals surface area contributed by atoms with Gasteiger partial charge in [0.2, 0.25) is 0 Å². The largest absolute Gasteiger partial charge is 0.508 e. The Morgan fingerprint density at radius 1 is 0.829 bits per heavy atom. The molecule has 0 saturated heterocycles. The Balaban J connectivity index is 1.51. The molecule has 0 fully saturated rings. The summed E-state index contributed by atoms with van der Waals surface area (Å²) in [6, 6.07) is 16.2. The van der Waals surface area contributed by atoms with Gasteiger partial charge in [0.15, 0.2) is 28.8 Å². The topological polar surface area (TPSA) is 129 Å². The second kappa shape index (κ2) is 14.7. The van der Waals surface area contributed by atoms with Gasteiger partial charge in [-0.25, -0.2) is 0 Å². The number of carbonyl (C=O) groups excluding carboxylic acids is 1. The minimum Gasteiger partial charge on any atom is -0.508 e. The molecule has 0 saturated carbocycles. The van der Waals surface area contributed by atoms with E-state index >= 15 is 0 Å². The van der Waals surface area contributed by atoms with E-state index in [9.17, 15) is 23.4 Å². The number of aliphatic hydroxyl groups excluding tert-OH is 1. The molecule has 2 N–H and O–H groups in total. The predicted molar refractivity (Wildman–Crippen MR) is 156 cm³/mol. The number of hydrogen-bond donors (Lipinski definition) is 2. The highest BCUT2D eigenvalue weighted by molar-refractivity contribution is 7.86. The van der Waals surface area contributed by atoms with Gasteiger partial charge in [-0.2, -0.15) is 8.42 Å². The number of aryl methyl sites for hydroxylation is 1. The molecule has 3 rings (SSSR count). The molecule has 3 aromatic rings. The van der Waals surface area contributed by atoms with Crippen LogP contribution in [0, 0.1) is 6.92 Å². The van der Waals surface area contributed by atoms with Crippen LogP contribution in [-0.2, 0) is 19.1 Å². The Morgan fingerprint density at radius 2 is 1.46 bits per heavy atom. The summed E-state index contributed by atoms with van der Waals surface area (Å²) >= 11 is 0. The summed E-state index contributed by atoms with van der Waals surface area (Å²) in [5.41, 5.74) is 2.28. The van der Waals surface area contributed by atoms with Crippen LogP contribution < -0.4 is 14.2 Å². The number of aliphatic hydroxyl groups is 1. The molecule has 0 radical (unpaired) electrons. The maximum absolute atomic E-state index is 12.3. The van der Waals surface area contributed by atoms with E-state index in [-0.39, 0.29) is 35.4 Å². The van der Waals surface area contributed by atoms with E-state index in [1.165, 1.54) is 50.6 Å². The van der Waals surface area contributed by atoms with E-state index in [0.717, 1.165) is 11.6 Å². The van der Waals surface area contributed by atoms with Gasteiger partial charge in [-0.3, -0.25) is 8.98 Å². The number of phenolic OH excluding ortho intramolecular Hbond substituents is 1. The number of rotatable bonds is 14. The van der Waals surface area contributed by atoms with Crippen molar-refractivity contribution in [2.45, 2.75) is 18.2 Å². The van der Waals surface area contributed by atoms with Gasteiger partial charge in [0, 0.05) is 12.5 Å². The lowest BCUT2D eigenvalue weighted by Crippen LogP contribution is -2.10. The summed E-state index contributed by atoms with van der Waals surface area (Å²) < 4.78 is 45.8. The fourth-order valence-corrected chi connectivity index (χ4v) is 4.43. The van der Waals surface area contributed by atoms with Crippen molar-refractivity contribution >= 4 is 28.1 Å². The molecule has 0 heterocycles. The third-order valence-electron chi connectivity index (χ3n) is 5.66. The van der Waals surface area contributed by atoms with Crippen LogP contribution in [-0.4, -0.2) is 51.8 Å². The Labute approximate surface area is 239 Å². The van der Waals surface area contributed by atoms with Crippen molar-refractivity contribution in [1.29, 1.82) is 0 Å². The fraction of sp³-hybridized carbons (Fsp3) is 0.194. The highest BCUT2D eigenvalue weighted by Crippen LogP contribution is 2.29. The van der Waals surface area contributed by atoms with E-state index < -0.39 is 15.9 Å². The lowest BCUT2D eigenvalue weighted by atomic mass is 10.1. The van der Waals surface area contributed by atoms with Crippen LogP contribution in [0.4, 0.5) is 0 Å².